The van der Waals surface area contributed by atoms with Crippen LogP contribution in [-0.4, -0.2) is 69.9 Å². The number of carbonyl (C=O) groups is 3. The van der Waals surface area contributed by atoms with Crippen LogP contribution < -0.4 is 9.47 Å². The minimum atomic E-state index is -0.277. The highest BCUT2D eigenvalue weighted by molar-refractivity contribution is 5.70. The van der Waals surface area contributed by atoms with Gasteiger partial charge in [-0.05, 0) is 109 Å². The summed E-state index contributed by atoms with van der Waals surface area (Å²) in [5, 5.41) is 0. The molecule has 0 radical (unpaired) electrons. The molecule has 0 saturated heterocycles. The molecule has 0 N–H and O–H groups in total. The van der Waals surface area contributed by atoms with Crippen molar-refractivity contribution in [1.29, 1.82) is 0 Å². The van der Waals surface area contributed by atoms with Crippen molar-refractivity contribution < 1.29 is 38.1 Å². The van der Waals surface area contributed by atoms with Crippen molar-refractivity contribution in [3.63, 3.8) is 0 Å². The predicted octanol–water partition coefficient (Wildman–Crippen LogP) is 13.9. The molecule has 0 aliphatic rings. The van der Waals surface area contributed by atoms with Crippen molar-refractivity contribution in [2.24, 2.45) is 0 Å². The Morgan fingerprint density at radius 1 is 0.444 bits per heavy atom. The van der Waals surface area contributed by atoms with E-state index in [1.807, 2.05) is 31.1 Å². The van der Waals surface area contributed by atoms with Crippen molar-refractivity contribution in [2.45, 2.75) is 194 Å². The minimum absolute atomic E-state index is 0.0946. The van der Waals surface area contributed by atoms with E-state index in [1.54, 1.807) is 6.07 Å². The lowest BCUT2D eigenvalue weighted by Gasteiger charge is -2.14. The van der Waals surface area contributed by atoms with Crippen LogP contribution >= 0.6 is 0 Å². The average molecular weight is 880 g/mol. The Kier molecular flexibility index (Phi) is 39.4. The van der Waals surface area contributed by atoms with Gasteiger partial charge in [-0.25, -0.2) is 0 Å². The molecule has 0 aliphatic carbocycles. The van der Waals surface area contributed by atoms with Crippen LogP contribution in [0.15, 0.2) is 66.8 Å². The molecule has 0 fully saturated rings. The molecule has 0 aliphatic heterocycles. The van der Waals surface area contributed by atoms with E-state index in [2.05, 4.69) is 62.5 Å². The van der Waals surface area contributed by atoms with Crippen LogP contribution in [0.25, 0.3) is 0 Å². The van der Waals surface area contributed by atoms with Crippen LogP contribution in [0.5, 0.6) is 11.5 Å². The summed E-state index contributed by atoms with van der Waals surface area (Å²) in [4.78, 5) is 38.8. The largest absolute Gasteiger partial charge is 0.493 e. The summed E-state index contributed by atoms with van der Waals surface area (Å²) in [6, 6.07) is 5.46. The standard InChI is InChI=1S/C54H89NO8/c1-5-7-9-11-13-15-17-19-21-23-25-27-29-31-33-37-52(56)61-43-35-41-59-50-45-49(48-63-54(58)39-40-55(3)4)46-51(47-50)60-42-36-44-62-53(57)38-34-32-30-28-26-24-22-20-18-16-14-12-10-8-6-2/h13-16,19-22,45-47H,5-12,17-18,23-44,48H2,1-4H3/b15-13-,16-14-,21-19-,22-20-. The second-order valence-corrected chi connectivity index (χ2v) is 16.8. The third-order valence-corrected chi connectivity index (χ3v) is 10.4. The summed E-state index contributed by atoms with van der Waals surface area (Å²) in [6.07, 6.45) is 45.8. The fourth-order valence-electron chi connectivity index (χ4n) is 6.61. The van der Waals surface area contributed by atoms with Gasteiger partial charge in [0.25, 0.3) is 0 Å². The topological polar surface area (TPSA) is 101 Å². The second kappa shape index (κ2) is 43.4. The first-order valence-electron chi connectivity index (χ1n) is 24.9. The molecule has 1 aromatic rings. The zero-order valence-electron chi connectivity index (χ0n) is 40.4. The number of unbranched alkanes of at least 4 members (excludes halogenated alkanes) is 16. The minimum Gasteiger partial charge on any atom is -0.493 e. The molecule has 358 valence electrons. The summed E-state index contributed by atoms with van der Waals surface area (Å²) in [6.45, 7) is 6.47. The Bertz CT molecular complexity index is 1300. The molecule has 9 nitrogen and oxygen atoms in total. The van der Waals surface area contributed by atoms with Crippen LogP contribution in [0, 0.1) is 0 Å². The van der Waals surface area contributed by atoms with Crippen LogP contribution in [0.1, 0.15) is 193 Å². The molecule has 0 heterocycles. The monoisotopic (exact) mass is 880 g/mol. The Morgan fingerprint density at radius 2 is 0.841 bits per heavy atom. The molecule has 0 amide bonds. The van der Waals surface area contributed by atoms with Gasteiger partial charge in [0.15, 0.2) is 0 Å². The number of ether oxygens (including phenoxy) is 5. The third-order valence-electron chi connectivity index (χ3n) is 10.4. The molecule has 63 heavy (non-hydrogen) atoms. The van der Waals surface area contributed by atoms with E-state index in [-0.39, 0.29) is 24.5 Å². The van der Waals surface area contributed by atoms with E-state index in [0.29, 0.717) is 76.6 Å². The second-order valence-electron chi connectivity index (χ2n) is 16.8. The lowest BCUT2D eigenvalue weighted by atomic mass is 10.1. The summed E-state index contributed by atoms with van der Waals surface area (Å²) in [5.41, 5.74) is 0.744. The molecular weight excluding hydrogens is 791 g/mol. The van der Waals surface area contributed by atoms with Gasteiger partial charge in [-0.15, -0.1) is 0 Å². The smallest absolute Gasteiger partial charge is 0.307 e. The van der Waals surface area contributed by atoms with E-state index < -0.39 is 0 Å². The van der Waals surface area contributed by atoms with Gasteiger partial charge < -0.3 is 28.6 Å². The number of hydrogen-bond acceptors (Lipinski definition) is 9. The molecule has 1 aromatic carbocycles. The third kappa shape index (κ3) is 39.5. The van der Waals surface area contributed by atoms with Crippen molar-refractivity contribution in [1.82, 2.24) is 4.90 Å². The molecule has 0 saturated carbocycles. The molecular formula is C54H89NO8. The van der Waals surface area contributed by atoms with Crippen LogP contribution in [0.4, 0.5) is 0 Å². The van der Waals surface area contributed by atoms with Gasteiger partial charge in [-0.2, -0.15) is 0 Å². The quantitative estimate of drug-likeness (QED) is 0.0275. The highest BCUT2D eigenvalue weighted by Crippen LogP contribution is 2.24. The summed E-state index contributed by atoms with van der Waals surface area (Å²) in [5.74, 6) is 0.545. The van der Waals surface area contributed by atoms with Crippen molar-refractivity contribution in [3.05, 3.63) is 72.4 Å². The number of carbonyl (C=O) groups excluding carboxylic acids is 3. The van der Waals surface area contributed by atoms with Gasteiger partial charge in [-0.1, -0.05) is 127 Å². The van der Waals surface area contributed by atoms with E-state index in [4.69, 9.17) is 23.7 Å². The summed E-state index contributed by atoms with van der Waals surface area (Å²) >= 11 is 0. The zero-order chi connectivity index (χ0) is 45.7. The normalized spacial score (nSPS) is 11.8. The number of rotatable bonds is 43. The number of benzene rings is 1. The number of allylic oxidation sites excluding steroid dienone is 8. The molecule has 9 heteroatoms. The predicted molar refractivity (Wildman–Crippen MR) is 260 cm³/mol. The van der Waals surface area contributed by atoms with E-state index >= 15 is 0 Å². The number of nitrogens with zero attached hydrogens (tertiary/aromatic N) is 1. The van der Waals surface area contributed by atoms with Crippen LogP contribution in [0.2, 0.25) is 0 Å². The summed E-state index contributed by atoms with van der Waals surface area (Å²) in [7, 11) is 3.83. The number of hydrogen-bond donors (Lipinski definition) is 0. The van der Waals surface area contributed by atoms with Gasteiger partial charge >= 0.3 is 17.9 Å². The highest BCUT2D eigenvalue weighted by Gasteiger charge is 2.10. The average Bonchev–Trinajstić information content (AvgIpc) is 3.27. The van der Waals surface area contributed by atoms with Crippen molar-refractivity contribution in [3.8, 4) is 11.5 Å². The Morgan fingerprint density at radius 3 is 1.27 bits per heavy atom. The van der Waals surface area contributed by atoms with Gasteiger partial charge in [0.2, 0.25) is 0 Å². The lowest BCUT2D eigenvalue weighted by molar-refractivity contribution is -0.145. The fraction of sp³-hybridized carbons (Fsp3) is 0.685. The Hall–Kier alpha value is -3.85. The maximum Gasteiger partial charge on any atom is 0.307 e. The Balaban J connectivity index is 2.29. The molecule has 0 atom stereocenters. The van der Waals surface area contributed by atoms with Gasteiger partial charge in [-0.3, -0.25) is 14.4 Å². The molecule has 0 unspecified atom stereocenters. The molecule has 0 spiro atoms. The van der Waals surface area contributed by atoms with Crippen molar-refractivity contribution >= 4 is 17.9 Å². The van der Waals surface area contributed by atoms with E-state index in [1.165, 1.54) is 77.0 Å². The van der Waals surface area contributed by atoms with Crippen molar-refractivity contribution in [2.75, 3.05) is 47.1 Å². The molecule has 0 aromatic heterocycles. The van der Waals surface area contributed by atoms with Gasteiger partial charge in [0.1, 0.15) is 18.1 Å². The first-order chi connectivity index (χ1) is 30.8. The van der Waals surface area contributed by atoms with Gasteiger partial charge in [0, 0.05) is 38.3 Å². The van der Waals surface area contributed by atoms with Gasteiger partial charge in [0.05, 0.1) is 32.8 Å². The Labute approximate surface area is 384 Å². The van der Waals surface area contributed by atoms with Crippen LogP contribution in [0.3, 0.4) is 0 Å². The van der Waals surface area contributed by atoms with Crippen LogP contribution in [-0.2, 0) is 35.2 Å². The number of esters is 3. The highest BCUT2D eigenvalue weighted by atomic mass is 16.5. The first kappa shape index (κ1) is 57.2. The first-order valence-corrected chi connectivity index (χ1v) is 24.9. The molecule has 0 bridgehead atoms. The maximum absolute atomic E-state index is 12.3. The maximum atomic E-state index is 12.3. The lowest BCUT2D eigenvalue weighted by Crippen LogP contribution is -2.18. The summed E-state index contributed by atoms with van der Waals surface area (Å²) < 4.78 is 28.4. The van der Waals surface area contributed by atoms with E-state index in [0.717, 1.165) is 69.8 Å². The molecule has 1 rings (SSSR count). The zero-order valence-corrected chi connectivity index (χ0v) is 40.4. The fourth-order valence-corrected chi connectivity index (χ4v) is 6.61. The van der Waals surface area contributed by atoms with E-state index in [9.17, 15) is 14.4 Å². The SMILES string of the molecule is CCCCC/C=C\C/C=C\CCCCCCCC(=O)OCCCOc1cc(COC(=O)CCN(C)C)cc(OCCCOC(=O)CCCCCCC/C=C\C/C=C\CCCCC)c1.